The molecular weight excluding hydrogens is 358 g/mol. The number of nitriles is 1. The number of aryl methyl sites for hydroxylation is 1. The van der Waals surface area contributed by atoms with E-state index in [1.165, 1.54) is 4.88 Å². The number of pyridine rings is 1. The molecule has 6 nitrogen and oxygen atoms in total. The van der Waals surface area contributed by atoms with Gasteiger partial charge in [-0.05, 0) is 48.7 Å². The molecule has 132 valence electrons. The lowest BCUT2D eigenvalue weighted by Crippen LogP contribution is -2.13. The third-order valence-corrected chi connectivity index (χ3v) is 5.00. The van der Waals surface area contributed by atoms with Crippen molar-refractivity contribution in [3.63, 3.8) is 0 Å². The van der Waals surface area contributed by atoms with Crippen molar-refractivity contribution in [3.8, 4) is 6.07 Å². The average Bonchev–Trinajstić information content (AvgIpc) is 3.32. The van der Waals surface area contributed by atoms with Gasteiger partial charge in [-0.15, -0.1) is 11.3 Å². The fourth-order valence-corrected chi connectivity index (χ4v) is 3.54. The van der Waals surface area contributed by atoms with Crippen LogP contribution < -0.4 is 5.32 Å². The van der Waals surface area contributed by atoms with Crippen LogP contribution in [0.5, 0.6) is 0 Å². The van der Waals surface area contributed by atoms with Gasteiger partial charge in [0.05, 0.1) is 35.3 Å². The van der Waals surface area contributed by atoms with Crippen molar-refractivity contribution in [2.45, 2.75) is 13.5 Å². The number of benzene rings is 1. The number of fused-ring (bicyclic) bond motifs is 1. The van der Waals surface area contributed by atoms with E-state index in [-0.39, 0.29) is 5.91 Å². The molecule has 4 aromatic rings. The van der Waals surface area contributed by atoms with Crippen LogP contribution in [0.4, 0.5) is 5.69 Å². The minimum atomic E-state index is -0.231. The van der Waals surface area contributed by atoms with E-state index >= 15 is 0 Å². The molecule has 27 heavy (non-hydrogen) atoms. The number of nitrogens with zero attached hydrogens (tertiary/aromatic N) is 4. The number of amides is 1. The Labute approximate surface area is 159 Å². The molecule has 7 heteroatoms. The molecule has 0 aliphatic rings. The Morgan fingerprint density at radius 2 is 2.11 bits per heavy atom. The van der Waals surface area contributed by atoms with Gasteiger partial charge in [0.15, 0.2) is 5.65 Å². The van der Waals surface area contributed by atoms with E-state index < -0.39 is 0 Å². The van der Waals surface area contributed by atoms with Crippen LogP contribution >= 0.6 is 11.3 Å². The predicted octanol–water partition coefficient (Wildman–Crippen LogP) is 3.97. The Bertz CT molecular complexity index is 1150. The molecule has 1 N–H and O–H groups in total. The van der Waals surface area contributed by atoms with Crippen molar-refractivity contribution in [1.82, 2.24) is 14.8 Å². The van der Waals surface area contributed by atoms with Crippen molar-refractivity contribution >= 4 is 34.0 Å². The number of nitrogens with one attached hydrogen (secondary N) is 1. The molecule has 0 fully saturated rings. The van der Waals surface area contributed by atoms with E-state index in [9.17, 15) is 4.79 Å². The van der Waals surface area contributed by atoms with Crippen molar-refractivity contribution in [2.75, 3.05) is 5.32 Å². The van der Waals surface area contributed by atoms with E-state index in [0.29, 0.717) is 34.4 Å². The highest BCUT2D eigenvalue weighted by atomic mass is 32.1. The lowest BCUT2D eigenvalue weighted by molar-refractivity contribution is 0.102. The molecule has 0 atom stereocenters. The zero-order valence-electron chi connectivity index (χ0n) is 14.5. The van der Waals surface area contributed by atoms with Gasteiger partial charge in [-0.2, -0.15) is 10.4 Å². The fourth-order valence-electron chi connectivity index (χ4n) is 2.85. The largest absolute Gasteiger partial charge is 0.322 e. The number of anilines is 1. The summed E-state index contributed by atoms with van der Waals surface area (Å²) in [7, 11) is 0. The standard InChI is InChI=1S/C20H15N5OS/c1-13-9-17(20(26)24-15-6-4-14(10-21)5-7-15)18-11-22-25(19(18)23-13)12-16-3-2-8-27-16/h2-9,11H,12H2,1H3,(H,24,26). The first-order chi connectivity index (χ1) is 13.1. The van der Waals surface area contributed by atoms with Crippen LogP contribution in [0.25, 0.3) is 11.0 Å². The van der Waals surface area contributed by atoms with Gasteiger partial charge in [0, 0.05) is 16.3 Å². The third-order valence-electron chi connectivity index (χ3n) is 4.14. The number of carbonyl (C=O) groups excluding carboxylic acids is 1. The topological polar surface area (TPSA) is 83.6 Å². The number of aromatic nitrogens is 3. The highest BCUT2D eigenvalue weighted by Gasteiger charge is 2.16. The summed E-state index contributed by atoms with van der Waals surface area (Å²) in [6.45, 7) is 2.48. The van der Waals surface area contributed by atoms with Crippen LogP contribution in [0.2, 0.25) is 0 Å². The van der Waals surface area contributed by atoms with Crippen LogP contribution in [-0.2, 0) is 6.54 Å². The van der Waals surface area contributed by atoms with Crippen LogP contribution in [0.15, 0.2) is 54.0 Å². The SMILES string of the molecule is Cc1cc(C(=O)Nc2ccc(C#N)cc2)c2cnn(Cc3cccs3)c2n1. The monoisotopic (exact) mass is 373 g/mol. The number of hydrogen-bond acceptors (Lipinski definition) is 5. The Morgan fingerprint density at radius 3 is 2.81 bits per heavy atom. The molecule has 0 aliphatic heterocycles. The summed E-state index contributed by atoms with van der Waals surface area (Å²) in [5.74, 6) is -0.231. The van der Waals surface area contributed by atoms with Crippen LogP contribution in [0, 0.1) is 18.3 Å². The van der Waals surface area contributed by atoms with E-state index in [4.69, 9.17) is 5.26 Å². The molecule has 0 aliphatic carbocycles. The average molecular weight is 373 g/mol. The first-order valence-electron chi connectivity index (χ1n) is 8.31. The van der Waals surface area contributed by atoms with Gasteiger partial charge >= 0.3 is 0 Å². The summed E-state index contributed by atoms with van der Waals surface area (Å²) in [5.41, 5.74) is 3.14. The summed E-state index contributed by atoms with van der Waals surface area (Å²) in [4.78, 5) is 18.6. The first kappa shape index (κ1) is 16.9. The molecule has 0 unspecified atom stereocenters. The fraction of sp³-hybridized carbons (Fsp3) is 0.100. The molecular formula is C20H15N5OS. The van der Waals surface area contributed by atoms with E-state index in [2.05, 4.69) is 21.5 Å². The van der Waals surface area contributed by atoms with Crippen molar-refractivity contribution in [3.05, 3.63) is 75.7 Å². The van der Waals surface area contributed by atoms with Crippen molar-refractivity contribution in [1.29, 1.82) is 5.26 Å². The minimum Gasteiger partial charge on any atom is -0.322 e. The number of carbonyl (C=O) groups is 1. The normalized spacial score (nSPS) is 10.7. The molecule has 0 spiro atoms. The highest BCUT2D eigenvalue weighted by Crippen LogP contribution is 2.21. The summed E-state index contributed by atoms with van der Waals surface area (Å²) in [6.07, 6.45) is 1.68. The van der Waals surface area contributed by atoms with Gasteiger partial charge in [-0.3, -0.25) is 4.79 Å². The minimum absolute atomic E-state index is 0.231. The number of hydrogen-bond donors (Lipinski definition) is 1. The third kappa shape index (κ3) is 3.43. The van der Waals surface area contributed by atoms with Gasteiger partial charge in [0.2, 0.25) is 0 Å². The summed E-state index contributed by atoms with van der Waals surface area (Å²) in [6, 6.07) is 14.6. The Hall–Kier alpha value is -3.50. The van der Waals surface area contributed by atoms with Gasteiger partial charge in [-0.25, -0.2) is 9.67 Å². The molecule has 3 aromatic heterocycles. The van der Waals surface area contributed by atoms with Crippen LogP contribution in [-0.4, -0.2) is 20.7 Å². The second-order valence-corrected chi connectivity index (χ2v) is 7.11. The summed E-state index contributed by atoms with van der Waals surface area (Å²) < 4.78 is 1.81. The van der Waals surface area contributed by atoms with Gasteiger partial charge in [0.1, 0.15) is 0 Å². The maximum Gasteiger partial charge on any atom is 0.256 e. The molecule has 1 amide bonds. The number of thiophene rings is 1. The zero-order chi connectivity index (χ0) is 18.8. The summed E-state index contributed by atoms with van der Waals surface area (Å²) >= 11 is 1.66. The maximum absolute atomic E-state index is 12.8. The molecule has 4 rings (SSSR count). The predicted molar refractivity (Wildman–Crippen MR) is 105 cm³/mol. The lowest BCUT2D eigenvalue weighted by Gasteiger charge is -2.08. The molecule has 1 aromatic carbocycles. The summed E-state index contributed by atoms with van der Waals surface area (Å²) in [5, 5.41) is 18.9. The molecule has 0 saturated carbocycles. The van der Waals surface area contributed by atoms with Gasteiger partial charge in [0.25, 0.3) is 5.91 Å². The molecule has 3 heterocycles. The quantitative estimate of drug-likeness (QED) is 0.587. The molecule has 0 saturated heterocycles. The number of rotatable bonds is 4. The highest BCUT2D eigenvalue weighted by molar-refractivity contribution is 7.09. The van der Waals surface area contributed by atoms with E-state index in [1.807, 2.05) is 29.1 Å². The molecule has 0 radical (unpaired) electrons. The van der Waals surface area contributed by atoms with Crippen molar-refractivity contribution in [2.24, 2.45) is 0 Å². The van der Waals surface area contributed by atoms with E-state index in [0.717, 1.165) is 5.69 Å². The Morgan fingerprint density at radius 1 is 1.30 bits per heavy atom. The second-order valence-electron chi connectivity index (χ2n) is 6.07. The smallest absolute Gasteiger partial charge is 0.256 e. The lowest BCUT2D eigenvalue weighted by atomic mass is 10.1. The van der Waals surface area contributed by atoms with Gasteiger partial charge < -0.3 is 5.32 Å². The van der Waals surface area contributed by atoms with Gasteiger partial charge in [-0.1, -0.05) is 6.07 Å². The van der Waals surface area contributed by atoms with E-state index in [1.54, 1.807) is 47.9 Å². The maximum atomic E-state index is 12.8. The van der Waals surface area contributed by atoms with Crippen LogP contribution in [0.1, 0.15) is 26.5 Å². The Balaban J connectivity index is 1.67. The zero-order valence-corrected chi connectivity index (χ0v) is 15.3. The Kier molecular flexibility index (Phi) is 4.40. The second kappa shape index (κ2) is 7.02. The van der Waals surface area contributed by atoms with Crippen molar-refractivity contribution < 1.29 is 4.79 Å². The van der Waals surface area contributed by atoms with Crippen LogP contribution in [0.3, 0.4) is 0 Å². The molecule has 0 bridgehead atoms. The first-order valence-corrected chi connectivity index (χ1v) is 9.19.